The van der Waals surface area contributed by atoms with E-state index < -0.39 is 0 Å². The Hall–Kier alpha value is -1.44. The zero-order valence-electron chi connectivity index (χ0n) is 11.8. The van der Waals surface area contributed by atoms with E-state index >= 15 is 0 Å². The SMILES string of the molecule is CCNC1C(=O)Nc2cc(Sc3nc(CC)ns3)ccc21. The lowest BCUT2D eigenvalue weighted by Gasteiger charge is -2.09. The smallest absolute Gasteiger partial charge is 0.246 e. The molecular formula is C14H16N4OS2. The van der Waals surface area contributed by atoms with Crippen LogP contribution in [0.15, 0.2) is 27.4 Å². The van der Waals surface area contributed by atoms with Crippen molar-refractivity contribution in [2.75, 3.05) is 11.9 Å². The minimum absolute atomic E-state index is 0.0122. The average Bonchev–Trinajstić information content (AvgIpc) is 3.04. The third-order valence-electron chi connectivity index (χ3n) is 3.23. The molecule has 2 aromatic rings. The van der Waals surface area contributed by atoms with Crippen molar-refractivity contribution < 1.29 is 4.79 Å². The van der Waals surface area contributed by atoms with Gasteiger partial charge in [-0.15, -0.1) is 0 Å². The molecule has 0 spiro atoms. The molecule has 0 aliphatic carbocycles. The number of carbonyl (C=O) groups is 1. The highest BCUT2D eigenvalue weighted by molar-refractivity contribution is 8.01. The second kappa shape index (κ2) is 6.13. The maximum Gasteiger partial charge on any atom is 0.246 e. The van der Waals surface area contributed by atoms with Gasteiger partial charge in [0.1, 0.15) is 11.9 Å². The molecule has 1 aromatic carbocycles. The minimum Gasteiger partial charge on any atom is -0.324 e. The third kappa shape index (κ3) is 2.95. The summed E-state index contributed by atoms with van der Waals surface area (Å²) in [5, 5.41) is 6.12. The van der Waals surface area contributed by atoms with Crippen molar-refractivity contribution in [3.63, 3.8) is 0 Å². The number of hydrogen-bond donors (Lipinski definition) is 2. The molecule has 0 saturated carbocycles. The molecule has 1 aromatic heterocycles. The molecule has 2 heterocycles. The Morgan fingerprint density at radius 2 is 2.29 bits per heavy atom. The van der Waals surface area contributed by atoms with Crippen LogP contribution >= 0.6 is 23.3 Å². The maximum atomic E-state index is 11.9. The molecule has 1 unspecified atom stereocenters. The normalized spacial score (nSPS) is 16.9. The fourth-order valence-electron chi connectivity index (χ4n) is 2.24. The number of aromatic nitrogens is 2. The van der Waals surface area contributed by atoms with Crippen molar-refractivity contribution in [2.24, 2.45) is 0 Å². The first-order valence-corrected chi connectivity index (χ1v) is 8.49. The van der Waals surface area contributed by atoms with Crippen LogP contribution < -0.4 is 10.6 Å². The zero-order valence-corrected chi connectivity index (χ0v) is 13.5. The van der Waals surface area contributed by atoms with Crippen molar-refractivity contribution in [2.45, 2.75) is 35.5 Å². The Balaban J connectivity index is 1.81. The van der Waals surface area contributed by atoms with E-state index in [9.17, 15) is 4.79 Å². The summed E-state index contributed by atoms with van der Waals surface area (Å²) in [6.45, 7) is 4.80. The lowest BCUT2D eigenvalue weighted by molar-refractivity contribution is -0.117. The quantitative estimate of drug-likeness (QED) is 0.887. The second-order valence-corrected chi connectivity index (χ2v) is 6.73. The number of nitrogens with one attached hydrogen (secondary N) is 2. The Bertz CT molecular complexity index is 671. The van der Waals surface area contributed by atoms with Crippen LogP contribution in [0.5, 0.6) is 0 Å². The number of carbonyl (C=O) groups excluding carboxylic acids is 1. The van der Waals surface area contributed by atoms with Crippen LogP contribution in [0.1, 0.15) is 31.3 Å². The maximum absolute atomic E-state index is 11.9. The number of hydrogen-bond acceptors (Lipinski definition) is 6. The number of benzene rings is 1. The van der Waals surface area contributed by atoms with Crippen molar-refractivity contribution in [3.8, 4) is 0 Å². The van der Waals surface area contributed by atoms with Crippen molar-refractivity contribution in [1.82, 2.24) is 14.7 Å². The van der Waals surface area contributed by atoms with Crippen LogP contribution in [0.4, 0.5) is 5.69 Å². The second-order valence-electron chi connectivity index (χ2n) is 4.66. The van der Waals surface area contributed by atoms with Crippen LogP contribution in [0.25, 0.3) is 0 Å². The molecule has 0 fully saturated rings. The largest absolute Gasteiger partial charge is 0.324 e. The van der Waals surface area contributed by atoms with Crippen LogP contribution in [-0.2, 0) is 11.2 Å². The van der Waals surface area contributed by atoms with Crippen LogP contribution in [-0.4, -0.2) is 21.8 Å². The fraction of sp³-hybridized carbons (Fsp3) is 0.357. The van der Waals surface area contributed by atoms with Gasteiger partial charge in [0.05, 0.1) is 0 Å². The average molecular weight is 320 g/mol. The van der Waals surface area contributed by atoms with E-state index in [4.69, 9.17) is 0 Å². The zero-order chi connectivity index (χ0) is 14.8. The number of nitrogens with zero attached hydrogens (tertiary/aromatic N) is 2. The van der Waals surface area contributed by atoms with Crippen molar-refractivity contribution in [1.29, 1.82) is 0 Å². The Labute approximate surface area is 131 Å². The van der Waals surface area contributed by atoms with Gasteiger partial charge in [-0.05, 0) is 30.2 Å². The van der Waals surface area contributed by atoms with E-state index in [1.54, 1.807) is 11.8 Å². The van der Waals surface area contributed by atoms with E-state index in [0.29, 0.717) is 0 Å². The van der Waals surface area contributed by atoms with Gasteiger partial charge < -0.3 is 10.6 Å². The molecule has 1 aliphatic rings. The van der Waals surface area contributed by atoms with E-state index in [2.05, 4.69) is 20.0 Å². The minimum atomic E-state index is -0.239. The van der Waals surface area contributed by atoms with Gasteiger partial charge in [0.25, 0.3) is 0 Å². The van der Waals surface area contributed by atoms with Crippen LogP contribution in [0.2, 0.25) is 0 Å². The topological polar surface area (TPSA) is 66.9 Å². The number of aryl methyl sites for hydroxylation is 1. The standard InChI is InChI=1S/C14H16N4OS2/c1-3-11-17-14(21-18-11)20-8-5-6-9-10(7-8)16-13(19)12(9)15-4-2/h5-7,12,15H,3-4H2,1-2H3,(H,16,19). The Morgan fingerprint density at radius 3 is 3.00 bits per heavy atom. The lowest BCUT2D eigenvalue weighted by atomic mass is 10.1. The highest BCUT2D eigenvalue weighted by Crippen LogP contribution is 2.36. The monoisotopic (exact) mass is 320 g/mol. The number of fused-ring (bicyclic) bond motifs is 1. The first-order valence-electron chi connectivity index (χ1n) is 6.90. The number of amides is 1. The van der Waals surface area contributed by atoms with Gasteiger partial charge in [0.15, 0.2) is 4.34 Å². The fourth-order valence-corrected chi connectivity index (χ4v) is 3.95. The highest BCUT2D eigenvalue weighted by atomic mass is 32.2. The van der Waals surface area contributed by atoms with Crippen LogP contribution in [0.3, 0.4) is 0 Å². The van der Waals surface area contributed by atoms with Gasteiger partial charge >= 0.3 is 0 Å². The first-order chi connectivity index (χ1) is 10.2. The Morgan fingerprint density at radius 1 is 1.43 bits per heavy atom. The summed E-state index contributed by atoms with van der Waals surface area (Å²) in [6, 6.07) is 5.80. The molecule has 1 atom stereocenters. The third-order valence-corrected chi connectivity index (χ3v) is 5.01. The summed E-state index contributed by atoms with van der Waals surface area (Å²) in [6.07, 6.45) is 0.849. The summed E-state index contributed by atoms with van der Waals surface area (Å²) in [5.41, 5.74) is 1.90. The van der Waals surface area contributed by atoms with Gasteiger partial charge in [-0.2, -0.15) is 4.37 Å². The molecule has 0 bridgehead atoms. The molecule has 5 nitrogen and oxygen atoms in total. The summed E-state index contributed by atoms with van der Waals surface area (Å²) < 4.78 is 5.21. The number of anilines is 1. The van der Waals surface area contributed by atoms with E-state index in [0.717, 1.165) is 39.3 Å². The molecule has 2 N–H and O–H groups in total. The molecule has 3 rings (SSSR count). The van der Waals surface area contributed by atoms with Gasteiger partial charge in [0, 0.05) is 22.6 Å². The molecular weight excluding hydrogens is 304 g/mol. The van der Waals surface area contributed by atoms with E-state index in [1.807, 2.05) is 32.0 Å². The predicted octanol–water partition coefficient (Wildman–Crippen LogP) is 2.85. The van der Waals surface area contributed by atoms with Gasteiger partial charge in [0.2, 0.25) is 5.91 Å². The number of rotatable bonds is 5. The Kier molecular flexibility index (Phi) is 4.23. The van der Waals surface area contributed by atoms with E-state index in [-0.39, 0.29) is 11.9 Å². The predicted molar refractivity (Wildman–Crippen MR) is 84.9 cm³/mol. The summed E-state index contributed by atoms with van der Waals surface area (Å²) in [7, 11) is 0. The molecule has 1 aliphatic heterocycles. The first kappa shape index (κ1) is 14.5. The summed E-state index contributed by atoms with van der Waals surface area (Å²) >= 11 is 2.99. The number of likely N-dealkylation sites (N-methyl/N-ethyl adjacent to an activating group) is 1. The summed E-state index contributed by atoms with van der Waals surface area (Å²) in [4.78, 5) is 17.4. The van der Waals surface area contributed by atoms with Crippen molar-refractivity contribution in [3.05, 3.63) is 29.6 Å². The molecule has 7 heteroatoms. The summed E-state index contributed by atoms with van der Waals surface area (Å²) in [5.74, 6) is 0.891. The van der Waals surface area contributed by atoms with Crippen molar-refractivity contribution >= 4 is 34.9 Å². The van der Waals surface area contributed by atoms with Gasteiger partial charge in [-0.3, -0.25) is 4.79 Å². The molecule has 0 radical (unpaired) electrons. The molecule has 110 valence electrons. The molecule has 0 saturated heterocycles. The molecule has 1 amide bonds. The lowest BCUT2D eigenvalue weighted by Crippen LogP contribution is -2.27. The van der Waals surface area contributed by atoms with Crippen LogP contribution in [0, 0.1) is 0 Å². The molecule has 21 heavy (non-hydrogen) atoms. The highest BCUT2D eigenvalue weighted by Gasteiger charge is 2.29. The van der Waals surface area contributed by atoms with Gasteiger partial charge in [-0.1, -0.05) is 31.7 Å². The van der Waals surface area contributed by atoms with E-state index in [1.165, 1.54) is 11.5 Å². The van der Waals surface area contributed by atoms with Gasteiger partial charge in [-0.25, -0.2) is 4.98 Å².